The number of aromatic nitrogens is 1. The van der Waals surface area contributed by atoms with Gasteiger partial charge in [-0.25, -0.2) is 0 Å². The zero-order valence-electron chi connectivity index (χ0n) is 8.24. The lowest BCUT2D eigenvalue weighted by atomic mass is 10.2. The third-order valence-electron chi connectivity index (χ3n) is 1.73. The molecule has 0 aliphatic heterocycles. The standard InChI is InChI=1S/C9H7NO2.C2H6/c11-8-5-9(12)10-7-4-2-1-3-6(7)8;1-2/h1-5H,(H2,10,11,12);1-2H3. The van der Waals surface area contributed by atoms with Gasteiger partial charge in [0.15, 0.2) is 0 Å². The highest BCUT2D eigenvalue weighted by molar-refractivity contribution is 5.84. The van der Waals surface area contributed by atoms with Crippen molar-refractivity contribution in [2.24, 2.45) is 0 Å². The second-order valence-corrected chi connectivity index (χ2v) is 2.56. The van der Waals surface area contributed by atoms with Crippen LogP contribution in [0.2, 0.25) is 0 Å². The lowest BCUT2D eigenvalue weighted by Crippen LogP contribution is -2.02. The number of hydrogen-bond acceptors (Lipinski definition) is 2. The summed E-state index contributed by atoms with van der Waals surface area (Å²) < 4.78 is 0. The average Bonchev–Trinajstić information content (AvgIpc) is 2.20. The van der Waals surface area contributed by atoms with Crippen LogP contribution >= 0.6 is 0 Å². The van der Waals surface area contributed by atoms with E-state index in [1.54, 1.807) is 24.3 Å². The molecule has 0 amide bonds. The molecule has 0 spiro atoms. The summed E-state index contributed by atoms with van der Waals surface area (Å²) in [5, 5.41) is 10.00. The van der Waals surface area contributed by atoms with E-state index in [0.717, 1.165) is 0 Å². The maximum Gasteiger partial charge on any atom is 0.252 e. The van der Waals surface area contributed by atoms with Gasteiger partial charge in [-0.15, -0.1) is 0 Å². The molecule has 14 heavy (non-hydrogen) atoms. The molecule has 0 fully saturated rings. The Hall–Kier alpha value is -1.77. The van der Waals surface area contributed by atoms with Crippen LogP contribution in [0.3, 0.4) is 0 Å². The molecule has 0 saturated carbocycles. The molecule has 0 radical (unpaired) electrons. The maximum atomic E-state index is 10.9. The summed E-state index contributed by atoms with van der Waals surface area (Å²) in [5.74, 6) is 0.0225. The van der Waals surface area contributed by atoms with E-state index in [1.165, 1.54) is 6.07 Å². The monoisotopic (exact) mass is 191 g/mol. The first kappa shape index (κ1) is 10.3. The predicted octanol–water partition coefficient (Wildman–Crippen LogP) is 2.26. The Labute approximate surface area is 82.0 Å². The van der Waals surface area contributed by atoms with Crippen LogP contribution in [0.15, 0.2) is 35.1 Å². The number of hydrogen-bond donors (Lipinski definition) is 2. The van der Waals surface area contributed by atoms with E-state index in [4.69, 9.17) is 0 Å². The summed E-state index contributed by atoms with van der Waals surface area (Å²) >= 11 is 0. The van der Waals surface area contributed by atoms with Crippen molar-refractivity contribution in [1.29, 1.82) is 0 Å². The molecule has 2 rings (SSSR count). The largest absolute Gasteiger partial charge is 0.507 e. The minimum absolute atomic E-state index is 0.0225. The van der Waals surface area contributed by atoms with Crippen LogP contribution in [0.1, 0.15) is 13.8 Å². The van der Waals surface area contributed by atoms with Gasteiger partial charge in [-0.05, 0) is 12.1 Å². The van der Waals surface area contributed by atoms with E-state index < -0.39 is 0 Å². The van der Waals surface area contributed by atoms with Gasteiger partial charge in [0.05, 0.1) is 5.52 Å². The van der Waals surface area contributed by atoms with Gasteiger partial charge >= 0.3 is 0 Å². The number of pyridine rings is 1. The van der Waals surface area contributed by atoms with Gasteiger partial charge in [0.2, 0.25) is 0 Å². The molecule has 0 aliphatic carbocycles. The number of nitrogens with one attached hydrogen (secondary N) is 1. The second-order valence-electron chi connectivity index (χ2n) is 2.56. The van der Waals surface area contributed by atoms with Gasteiger partial charge in [-0.2, -0.15) is 0 Å². The summed E-state index contributed by atoms with van der Waals surface area (Å²) in [6.07, 6.45) is 0. The minimum atomic E-state index is -0.286. The lowest BCUT2D eigenvalue weighted by Gasteiger charge is -1.97. The molecular formula is C11H13NO2. The zero-order chi connectivity index (χ0) is 10.6. The zero-order valence-corrected chi connectivity index (χ0v) is 8.24. The Balaban J connectivity index is 0.000000461. The Morgan fingerprint density at radius 1 is 1.21 bits per heavy atom. The Morgan fingerprint density at radius 3 is 2.57 bits per heavy atom. The van der Waals surface area contributed by atoms with Gasteiger partial charge in [-0.3, -0.25) is 4.79 Å². The third kappa shape index (κ3) is 1.93. The minimum Gasteiger partial charge on any atom is -0.507 e. The van der Waals surface area contributed by atoms with Gasteiger partial charge in [0, 0.05) is 11.5 Å². The Morgan fingerprint density at radius 2 is 1.86 bits per heavy atom. The summed E-state index contributed by atoms with van der Waals surface area (Å²) in [6.45, 7) is 4.00. The van der Waals surface area contributed by atoms with Crippen LogP contribution in [-0.4, -0.2) is 10.1 Å². The SMILES string of the molecule is CC.O=c1cc(O)c2ccccc2[nH]1. The summed E-state index contributed by atoms with van der Waals surface area (Å²) in [6, 6.07) is 8.28. The van der Waals surface area contributed by atoms with Crippen molar-refractivity contribution in [2.45, 2.75) is 13.8 Å². The van der Waals surface area contributed by atoms with E-state index in [1.807, 2.05) is 13.8 Å². The lowest BCUT2D eigenvalue weighted by molar-refractivity contribution is 0.480. The number of fused-ring (bicyclic) bond motifs is 1. The molecular weight excluding hydrogens is 178 g/mol. The number of rotatable bonds is 0. The molecule has 2 aromatic rings. The maximum absolute atomic E-state index is 10.9. The Bertz CT molecular complexity index is 474. The van der Waals surface area contributed by atoms with Gasteiger partial charge < -0.3 is 10.1 Å². The normalized spacial score (nSPS) is 9.29. The average molecular weight is 191 g/mol. The topological polar surface area (TPSA) is 53.1 Å². The first-order valence-corrected chi connectivity index (χ1v) is 4.58. The van der Waals surface area contributed by atoms with Gasteiger partial charge in [0.1, 0.15) is 5.75 Å². The highest BCUT2D eigenvalue weighted by Crippen LogP contribution is 2.19. The smallest absolute Gasteiger partial charge is 0.252 e. The summed E-state index contributed by atoms with van der Waals surface area (Å²) in [4.78, 5) is 13.5. The van der Waals surface area contributed by atoms with E-state index in [0.29, 0.717) is 10.9 Å². The second kappa shape index (κ2) is 4.46. The predicted molar refractivity (Wildman–Crippen MR) is 57.6 cm³/mol. The summed E-state index contributed by atoms with van der Waals surface area (Å²) in [7, 11) is 0. The summed E-state index contributed by atoms with van der Waals surface area (Å²) in [5.41, 5.74) is 0.369. The molecule has 3 nitrogen and oxygen atoms in total. The van der Waals surface area contributed by atoms with E-state index >= 15 is 0 Å². The van der Waals surface area contributed by atoms with Gasteiger partial charge in [-0.1, -0.05) is 26.0 Å². The van der Waals surface area contributed by atoms with Crippen molar-refractivity contribution in [3.8, 4) is 5.75 Å². The first-order valence-electron chi connectivity index (χ1n) is 4.58. The number of benzene rings is 1. The molecule has 0 unspecified atom stereocenters. The van der Waals surface area contributed by atoms with Gasteiger partial charge in [0.25, 0.3) is 5.56 Å². The molecule has 3 heteroatoms. The Kier molecular flexibility index (Phi) is 3.29. The van der Waals surface area contributed by atoms with Crippen molar-refractivity contribution in [3.63, 3.8) is 0 Å². The number of H-pyrrole nitrogens is 1. The molecule has 0 atom stereocenters. The highest BCUT2D eigenvalue weighted by Gasteiger charge is 1.98. The van der Waals surface area contributed by atoms with Crippen molar-refractivity contribution < 1.29 is 5.11 Å². The fraction of sp³-hybridized carbons (Fsp3) is 0.182. The molecule has 2 N–H and O–H groups in total. The third-order valence-corrected chi connectivity index (χ3v) is 1.73. The van der Waals surface area contributed by atoms with Crippen LogP contribution in [0.4, 0.5) is 0 Å². The molecule has 0 bridgehead atoms. The van der Waals surface area contributed by atoms with E-state index in [-0.39, 0.29) is 11.3 Å². The van der Waals surface area contributed by atoms with Crippen LogP contribution < -0.4 is 5.56 Å². The fourth-order valence-corrected chi connectivity index (χ4v) is 1.19. The molecule has 0 saturated heterocycles. The number of aromatic amines is 1. The quantitative estimate of drug-likeness (QED) is 0.671. The molecule has 1 aromatic heterocycles. The number of para-hydroxylation sites is 1. The van der Waals surface area contributed by atoms with Crippen LogP contribution in [-0.2, 0) is 0 Å². The molecule has 1 heterocycles. The number of aromatic hydroxyl groups is 1. The molecule has 1 aromatic carbocycles. The van der Waals surface area contributed by atoms with Crippen LogP contribution in [0.25, 0.3) is 10.9 Å². The van der Waals surface area contributed by atoms with E-state index in [2.05, 4.69) is 4.98 Å². The van der Waals surface area contributed by atoms with Crippen LogP contribution in [0.5, 0.6) is 5.75 Å². The van der Waals surface area contributed by atoms with Crippen molar-refractivity contribution in [3.05, 3.63) is 40.7 Å². The van der Waals surface area contributed by atoms with E-state index in [9.17, 15) is 9.90 Å². The van der Waals surface area contributed by atoms with Crippen molar-refractivity contribution >= 4 is 10.9 Å². The highest BCUT2D eigenvalue weighted by atomic mass is 16.3. The van der Waals surface area contributed by atoms with Crippen molar-refractivity contribution in [1.82, 2.24) is 4.98 Å². The molecule has 74 valence electrons. The fourth-order valence-electron chi connectivity index (χ4n) is 1.19. The van der Waals surface area contributed by atoms with Crippen molar-refractivity contribution in [2.75, 3.05) is 0 Å². The molecule has 0 aliphatic rings. The van der Waals surface area contributed by atoms with Crippen LogP contribution in [0, 0.1) is 0 Å². The first-order chi connectivity index (χ1) is 6.77.